The number of hydrogen-bond donors (Lipinski definition) is 0. The van der Waals surface area contributed by atoms with Crippen molar-refractivity contribution in [1.82, 2.24) is 4.98 Å². The minimum Gasteiger partial charge on any atom is -0.426 e. The van der Waals surface area contributed by atoms with E-state index in [0.717, 1.165) is 5.56 Å². The lowest BCUT2D eigenvalue weighted by atomic mass is 10.0. The summed E-state index contributed by atoms with van der Waals surface area (Å²) in [5, 5.41) is 0. The van der Waals surface area contributed by atoms with E-state index in [1.807, 2.05) is 19.9 Å². The second-order valence-corrected chi connectivity index (χ2v) is 4.72. The predicted molar refractivity (Wildman–Crippen MR) is 79.4 cm³/mol. The lowest BCUT2D eigenvalue weighted by molar-refractivity contribution is -0.134. The molecule has 1 aromatic heterocycles. The van der Waals surface area contributed by atoms with E-state index in [-0.39, 0.29) is 17.5 Å². The molecule has 0 aliphatic rings. The molecule has 0 spiro atoms. The Morgan fingerprint density at radius 1 is 1.14 bits per heavy atom. The summed E-state index contributed by atoms with van der Waals surface area (Å²) in [6, 6.07) is 10.3. The minimum absolute atomic E-state index is 0.243. The van der Waals surface area contributed by atoms with Gasteiger partial charge < -0.3 is 4.74 Å². The van der Waals surface area contributed by atoms with Crippen molar-refractivity contribution in [3.63, 3.8) is 0 Å². The van der Waals surface area contributed by atoms with E-state index in [1.54, 1.807) is 36.5 Å². The zero-order chi connectivity index (χ0) is 15.2. The molecule has 0 unspecified atom stereocenters. The maximum absolute atomic E-state index is 12.6. The normalized spacial score (nSPS) is 10.2. The fourth-order valence-electron chi connectivity index (χ4n) is 1.97. The number of aryl methyl sites for hydroxylation is 1. The SMILES string of the molecule is CCCC(=O)Oc1ccccc1C(=O)c1ncccc1C. The van der Waals surface area contributed by atoms with E-state index in [4.69, 9.17) is 4.74 Å². The van der Waals surface area contributed by atoms with Gasteiger partial charge in [0.15, 0.2) is 0 Å². The molecule has 2 aromatic rings. The van der Waals surface area contributed by atoms with Crippen LogP contribution in [0.2, 0.25) is 0 Å². The zero-order valence-electron chi connectivity index (χ0n) is 12.1. The summed E-state index contributed by atoms with van der Waals surface area (Å²) in [6.07, 6.45) is 2.60. The van der Waals surface area contributed by atoms with Crippen molar-refractivity contribution in [2.24, 2.45) is 0 Å². The van der Waals surface area contributed by atoms with Crippen LogP contribution in [0.25, 0.3) is 0 Å². The molecule has 4 nitrogen and oxygen atoms in total. The molecule has 0 fully saturated rings. The smallest absolute Gasteiger partial charge is 0.311 e. The van der Waals surface area contributed by atoms with Crippen molar-refractivity contribution >= 4 is 11.8 Å². The van der Waals surface area contributed by atoms with Crippen molar-refractivity contribution in [2.75, 3.05) is 0 Å². The molecule has 0 N–H and O–H groups in total. The molecule has 0 amide bonds. The first kappa shape index (κ1) is 14.9. The van der Waals surface area contributed by atoms with Gasteiger partial charge in [0.05, 0.1) is 5.56 Å². The lowest BCUT2D eigenvalue weighted by Crippen LogP contribution is -2.12. The number of benzene rings is 1. The van der Waals surface area contributed by atoms with Gasteiger partial charge in [-0.3, -0.25) is 14.6 Å². The molecule has 0 saturated heterocycles. The third-order valence-electron chi connectivity index (χ3n) is 3.03. The van der Waals surface area contributed by atoms with Crippen LogP contribution in [0.1, 0.15) is 41.4 Å². The maximum atomic E-state index is 12.6. The fourth-order valence-corrected chi connectivity index (χ4v) is 1.97. The molecule has 2 rings (SSSR count). The van der Waals surface area contributed by atoms with Crippen molar-refractivity contribution in [2.45, 2.75) is 26.7 Å². The van der Waals surface area contributed by atoms with Gasteiger partial charge in [-0.25, -0.2) is 0 Å². The molecule has 0 bridgehead atoms. The molecule has 21 heavy (non-hydrogen) atoms. The Morgan fingerprint density at radius 2 is 1.90 bits per heavy atom. The maximum Gasteiger partial charge on any atom is 0.311 e. The number of ketones is 1. The number of carbonyl (C=O) groups excluding carboxylic acids is 2. The van der Waals surface area contributed by atoms with Crippen LogP contribution in [0.4, 0.5) is 0 Å². The van der Waals surface area contributed by atoms with Crippen LogP contribution in [-0.2, 0) is 4.79 Å². The Bertz CT molecular complexity index is 665. The Morgan fingerprint density at radius 3 is 2.62 bits per heavy atom. The highest BCUT2D eigenvalue weighted by atomic mass is 16.5. The number of nitrogens with zero attached hydrogens (tertiary/aromatic N) is 1. The van der Waals surface area contributed by atoms with Gasteiger partial charge >= 0.3 is 5.97 Å². The van der Waals surface area contributed by atoms with E-state index >= 15 is 0 Å². The molecule has 108 valence electrons. The molecule has 4 heteroatoms. The number of esters is 1. The fraction of sp³-hybridized carbons (Fsp3) is 0.235. The summed E-state index contributed by atoms with van der Waals surface area (Å²) in [4.78, 5) is 28.3. The summed E-state index contributed by atoms with van der Waals surface area (Å²) >= 11 is 0. The molecule has 0 aliphatic heterocycles. The highest BCUT2D eigenvalue weighted by molar-refractivity contribution is 6.10. The molecule has 1 aromatic carbocycles. The van der Waals surface area contributed by atoms with Crippen LogP contribution >= 0.6 is 0 Å². The average Bonchev–Trinajstić information content (AvgIpc) is 2.48. The largest absolute Gasteiger partial charge is 0.426 e. The van der Waals surface area contributed by atoms with Gasteiger partial charge in [0, 0.05) is 12.6 Å². The van der Waals surface area contributed by atoms with Crippen molar-refractivity contribution in [3.05, 3.63) is 59.4 Å². The quantitative estimate of drug-likeness (QED) is 0.480. The van der Waals surface area contributed by atoms with Gasteiger partial charge in [-0.1, -0.05) is 25.1 Å². The van der Waals surface area contributed by atoms with E-state index in [2.05, 4.69) is 4.98 Å². The first-order valence-corrected chi connectivity index (χ1v) is 6.89. The highest BCUT2D eigenvalue weighted by Gasteiger charge is 2.18. The monoisotopic (exact) mass is 283 g/mol. The summed E-state index contributed by atoms with van der Waals surface area (Å²) in [6.45, 7) is 3.72. The third kappa shape index (κ3) is 3.54. The average molecular weight is 283 g/mol. The minimum atomic E-state index is -0.338. The Labute approximate surface area is 123 Å². The summed E-state index contributed by atoms with van der Waals surface area (Å²) in [7, 11) is 0. The predicted octanol–water partition coefficient (Wildman–Crippen LogP) is 3.33. The molecule has 0 atom stereocenters. The molecular weight excluding hydrogens is 266 g/mol. The van der Waals surface area contributed by atoms with E-state index in [9.17, 15) is 9.59 Å². The lowest BCUT2D eigenvalue weighted by Gasteiger charge is -2.09. The van der Waals surface area contributed by atoms with Crippen LogP contribution in [0.15, 0.2) is 42.6 Å². The molecular formula is C17H17NO3. The van der Waals surface area contributed by atoms with Crippen LogP contribution in [0.5, 0.6) is 5.75 Å². The third-order valence-corrected chi connectivity index (χ3v) is 3.03. The molecule has 1 heterocycles. The van der Waals surface area contributed by atoms with E-state index < -0.39 is 0 Å². The molecule has 0 radical (unpaired) electrons. The number of ether oxygens (including phenoxy) is 1. The van der Waals surface area contributed by atoms with E-state index in [1.165, 1.54) is 0 Å². The van der Waals surface area contributed by atoms with Crippen LogP contribution in [0.3, 0.4) is 0 Å². The Kier molecular flexibility index (Phi) is 4.82. The van der Waals surface area contributed by atoms with Crippen molar-refractivity contribution in [1.29, 1.82) is 0 Å². The van der Waals surface area contributed by atoms with Gasteiger partial charge in [0.2, 0.25) is 5.78 Å². The highest BCUT2D eigenvalue weighted by Crippen LogP contribution is 2.22. The number of hydrogen-bond acceptors (Lipinski definition) is 4. The second kappa shape index (κ2) is 6.79. The Balaban J connectivity index is 2.34. The Hall–Kier alpha value is -2.49. The first-order chi connectivity index (χ1) is 10.1. The van der Waals surface area contributed by atoms with E-state index in [0.29, 0.717) is 24.1 Å². The second-order valence-electron chi connectivity index (χ2n) is 4.72. The van der Waals surface area contributed by atoms with Crippen LogP contribution in [0, 0.1) is 6.92 Å². The van der Waals surface area contributed by atoms with Crippen LogP contribution in [-0.4, -0.2) is 16.7 Å². The van der Waals surface area contributed by atoms with Gasteiger partial charge in [0.25, 0.3) is 0 Å². The summed E-state index contributed by atoms with van der Waals surface area (Å²) < 4.78 is 5.28. The van der Waals surface area contributed by atoms with Gasteiger partial charge in [-0.05, 0) is 37.1 Å². The number of carbonyl (C=O) groups is 2. The number of para-hydroxylation sites is 1. The van der Waals surface area contributed by atoms with Crippen molar-refractivity contribution in [3.8, 4) is 5.75 Å². The number of pyridine rings is 1. The molecule has 0 aliphatic carbocycles. The van der Waals surface area contributed by atoms with Gasteiger partial charge in [0.1, 0.15) is 11.4 Å². The molecule has 0 saturated carbocycles. The summed E-state index contributed by atoms with van der Waals surface area (Å²) in [5.41, 5.74) is 1.51. The standard InChI is InChI=1S/C17H17NO3/c1-3-7-15(19)21-14-10-5-4-9-13(14)17(20)16-12(2)8-6-11-18-16/h4-6,8-11H,3,7H2,1-2H3. The van der Waals surface area contributed by atoms with Crippen molar-refractivity contribution < 1.29 is 14.3 Å². The number of aromatic nitrogens is 1. The van der Waals surface area contributed by atoms with Gasteiger partial charge in [-0.15, -0.1) is 0 Å². The number of rotatable bonds is 5. The summed E-state index contributed by atoms with van der Waals surface area (Å²) in [5.74, 6) is -0.297. The topological polar surface area (TPSA) is 56.3 Å². The van der Waals surface area contributed by atoms with Gasteiger partial charge in [-0.2, -0.15) is 0 Å². The van der Waals surface area contributed by atoms with Crippen LogP contribution < -0.4 is 4.74 Å². The zero-order valence-corrected chi connectivity index (χ0v) is 12.1. The first-order valence-electron chi connectivity index (χ1n) is 6.89.